The van der Waals surface area contributed by atoms with Gasteiger partial charge in [-0.3, -0.25) is 14.4 Å². The Hall–Kier alpha value is -3.84. The normalized spacial score (nSPS) is 18.3. The minimum Gasteiger partial charge on any atom is -0.479 e. The Bertz CT molecular complexity index is 1650. The number of aliphatic hydroxyl groups is 2. The molecule has 0 aromatic heterocycles. The van der Waals surface area contributed by atoms with Gasteiger partial charge in [-0.2, -0.15) is 0 Å². The third-order valence-corrected chi connectivity index (χ3v) is 14.3. The van der Waals surface area contributed by atoms with Gasteiger partial charge < -0.3 is 39.0 Å². The first-order valence-electron chi connectivity index (χ1n) is 31.9. The smallest absolute Gasteiger partial charge is 0.335 e. The number of carbonyl (C=O) groups excluding carboxylic acids is 3. The van der Waals surface area contributed by atoms with E-state index in [1.165, 1.54) is 109 Å². The van der Waals surface area contributed by atoms with E-state index in [4.69, 9.17) is 23.7 Å². The summed E-state index contributed by atoms with van der Waals surface area (Å²) in [6.45, 7) is 5.86. The number of esters is 3. The zero-order valence-electron chi connectivity index (χ0n) is 50.1. The van der Waals surface area contributed by atoms with Crippen molar-refractivity contribution in [2.45, 2.75) is 314 Å². The van der Waals surface area contributed by atoms with E-state index in [-0.39, 0.29) is 25.9 Å². The summed E-state index contributed by atoms with van der Waals surface area (Å²) in [5.74, 6) is -3.14. The van der Waals surface area contributed by atoms with Gasteiger partial charge in [-0.1, -0.05) is 241 Å². The van der Waals surface area contributed by atoms with Gasteiger partial charge in [-0.25, -0.2) is 4.79 Å². The highest BCUT2D eigenvalue weighted by atomic mass is 16.7. The minimum atomic E-state index is -1.91. The molecule has 0 spiro atoms. The second-order valence-electron chi connectivity index (χ2n) is 21.7. The number of aliphatic hydroxyl groups excluding tert-OH is 2. The molecule has 0 aliphatic carbocycles. The van der Waals surface area contributed by atoms with Crippen molar-refractivity contribution in [3.8, 4) is 0 Å². The van der Waals surface area contributed by atoms with Crippen LogP contribution in [0.5, 0.6) is 0 Å². The van der Waals surface area contributed by atoms with Gasteiger partial charge in [-0.05, 0) is 89.9 Å². The Morgan fingerprint density at radius 2 is 0.797 bits per heavy atom. The second kappa shape index (κ2) is 54.7. The number of ether oxygens (including phenoxy) is 5. The number of carboxylic acid groups (broad SMARTS) is 1. The van der Waals surface area contributed by atoms with Crippen LogP contribution in [0.4, 0.5) is 0 Å². The third-order valence-electron chi connectivity index (χ3n) is 14.3. The lowest BCUT2D eigenvalue weighted by Crippen LogP contribution is -2.61. The van der Waals surface area contributed by atoms with Crippen LogP contribution < -0.4 is 0 Å². The molecule has 6 unspecified atom stereocenters. The van der Waals surface area contributed by atoms with Gasteiger partial charge in [0.15, 0.2) is 24.6 Å². The van der Waals surface area contributed by atoms with Crippen LogP contribution in [0.1, 0.15) is 278 Å². The van der Waals surface area contributed by atoms with Crippen LogP contribution in [-0.4, -0.2) is 89.2 Å². The maximum absolute atomic E-state index is 13.2. The number of allylic oxidation sites excluding steroid dienone is 12. The van der Waals surface area contributed by atoms with Gasteiger partial charge in [0, 0.05) is 19.3 Å². The van der Waals surface area contributed by atoms with E-state index in [9.17, 15) is 34.5 Å². The lowest BCUT2D eigenvalue weighted by atomic mass is 9.98. The Morgan fingerprint density at radius 1 is 0.430 bits per heavy atom. The lowest BCUT2D eigenvalue weighted by Gasteiger charge is -2.40. The van der Waals surface area contributed by atoms with Crippen LogP contribution >= 0.6 is 0 Å². The molecule has 1 aliphatic heterocycles. The molecule has 12 heteroatoms. The van der Waals surface area contributed by atoms with Crippen LogP contribution in [0.2, 0.25) is 0 Å². The van der Waals surface area contributed by atoms with Gasteiger partial charge in [0.05, 0.1) is 6.61 Å². The van der Waals surface area contributed by atoms with Gasteiger partial charge in [0.2, 0.25) is 0 Å². The Labute approximate surface area is 480 Å². The summed E-state index contributed by atoms with van der Waals surface area (Å²) < 4.78 is 28.5. The topological polar surface area (TPSA) is 175 Å². The summed E-state index contributed by atoms with van der Waals surface area (Å²) in [6, 6.07) is 0. The molecule has 79 heavy (non-hydrogen) atoms. The number of hydrogen-bond acceptors (Lipinski definition) is 11. The highest BCUT2D eigenvalue weighted by molar-refractivity contribution is 5.74. The number of carboxylic acids is 1. The highest BCUT2D eigenvalue weighted by Crippen LogP contribution is 2.27. The largest absolute Gasteiger partial charge is 0.479 e. The first kappa shape index (κ1) is 73.2. The van der Waals surface area contributed by atoms with Gasteiger partial charge in [-0.15, -0.1) is 0 Å². The standard InChI is InChI=1S/C67H114O12/c1-4-7-10-13-16-19-22-25-27-29-30-32-34-37-40-43-46-49-52-55-61(70)78-65-63(72)62(71)64(66(73)74)79-67(65)76-57-58(77-60(69)54-51-48-45-42-39-35-24-21-18-15-12-9-6-3)56-75-59(68)53-50-47-44-41-38-36-33-31-28-26-23-20-17-14-11-8-5-2/h8,11,16-17,19-20,25-28,33,36,58,62-65,67,71-72H,4-7,9-10,12-15,18,21-24,29-32,34-35,37-57H2,1-3H3,(H,73,74)/b11-8-,19-16-,20-17-,27-25-,28-26-,36-33-. The first-order valence-corrected chi connectivity index (χ1v) is 31.9. The molecule has 1 heterocycles. The molecule has 1 aliphatic rings. The maximum Gasteiger partial charge on any atom is 0.335 e. The average molecular weight is 1110 g/mol. The number of hydrogen-bond donors (Lipinski definition) is 3. The summed E-state index contributed by atoms with van der Waals surface area (Å²) >= 11 is 0. The number of carbonyl (C=O) groups is 4. The molecule has 0 bridgehead atoms. The minimum absolute atomic E-state index is 0.0528. The van der Waals surface area contributed by atoms with E-state index in [1.54, 1.807) is 0 Å². The Morgan fingerprint density at radius 3 is 1.24 bits per heavy atom. The predicted octanol–water partition coefficient (Wildman–Crippen LogP) is 16.9. The fraction of sp³-hybridized carbons (Fsp3) is 0.761. The molecule has 12 nitrogen and oxygen atoms in total. The molecular weight excluding hydrogens is 997 g/mol. The molecule has 0 radical (unpaired) electrons. The molecule has 0 aromatic rings. The number of unbranched alkanes of at least 4 members (excludes halogenated alkanes) is 28. The Kier molecular flexibility index (Phi) is 50.7. The molecule has 6 atom stereocenters. The van der Waals surface area contributed by atoms with Crippen molar-refractivity contribution >= 4 is 23.9 Å². The summed E-state index contributed by atoms with van der Waals surface area (Å²) in [5, 5.41) is 31.6. The van der Waals surface area contributed by atoms with Crippen molar-refractivity contribution in [1.82, 2.24) is 0 Å². The quantitative estimate of drug-likeness (QED) is 0.0228. The van der Waals surface area contributed by atoms with Crippen LogP contribution in [0, 0.1) is 0 Å². The molecule has 1 saturated heterocycles. The molecule has 3 N–H and O–H groups in total. The van der Waals surface area contributed by atoms with E-state index in [1.807, 2.05) is 0 Å². The fourth-order valence-corrected chi connectivity index (χ4v) is 9.39. The van der Waals surface area contributed by atoms with Gasteiger partial charge in [0.1, 0.15) is 18.8 Å². The van der Waals surface area contributed by atoms with Crippen molar-refractivity contribution in [1.29, 1.82) is 0 Å². The van der Waals surface area contributed by atoms with Gasteiger partial charge >= 0.3 is 23.9 Å². The monoisotopic (exact) mass is 1110 g/mol. The van der Waals surface area contributed by atoms with Crippen LogP contribution in [-0.2, 0) is 42.9 Å². The average Bonchev–Trinajstić information content (AvgIpc) is 3.47. The third kappa shape index (κ3) is 44.5. The summed E-state index contributed by atoms with van der Waals surface area (Å²) in [5.41, 5.74) is 0. The molecule has 0 saturated carbocycles. The van der Waals surface area contributed by atoms with Crippen molar-refractivity contribution in [3.05, 3.63) is 72.9 Å². The van der Waals surface area contributed by atoms with Crippen molar-refractivity contribution in [2.24, 2.45) is 0 Å². The maximum atomic E-state index is 13.2. The fourth-order valence-electron chi connectivity index (χ4n) is 9.39. The molecule has 0 aromatic carbocycles. The first-order chi connectivity index (χ1) is 38.6. The zero-order chi connectivity index (χ0) is 57.5. The van der Waals surface area contributed by atoms with Crippen molar-refractivity contribution in [3.63, 3.8) is 0 Å². The van der Waals surface area contributed by atoms with Gasteiger partial charge in [0.25, 0.3) is 0 Å². The van der Waals surface area contributed by atoms with Crippen molar-refractivity contribution in [2.75, 3.05) is 13.2 Å². The molecule has 1 fully saturated rings. The number of rotatable bonds is 54. The number of aliphatic carboxylic acids is 1. The lowest BCUT2D eigenvalue weighted by molar-refractivity contribution is -0.301. The van der Waals surface area contributed by atoms with E-state index in [0.717, 1.165) is 109 Å². The summed E-state index contributed by atoms with van der Waals surface area (Å²) in [6.07, 6.45) is 57.1. The van der Waals surface area contributed by atoms with E-state index in [0.29, 0.717) is 19.3 Å². The summed E-state index contributed by atoms with van der Waals surface area (Å²) in [7, 11) is 0. The predicted molar refractivity (Wildman–Crippen MR) is 322 cm³/mol. The van der Waals surface area contributed by atoms with E-state index in [2.05, 4.69) is 93.7 Å². The van der Waals surface area contributed by atoms with Crippen LogP contribution in [0.25, 0.3) is 0 Å². The van der Waals surface area contributed by atoms with Crippen LogP contribution in [0.15, 0.2) is 72.9 Å². The zero-order valence-corrected chi connectivity index (χ0v) is 50.1. The summed E-state index contributed by atoms with van der Waals surface area (Å²) in [4.78, 5) is 51.3. The highest BCUT2D eigenvalue weighted by Gasteiger charge is 2.50. The molecule has 1 rings (SSSR count). The molecule has 0 amide bonds. The SMILES string of the molecule is CC/C=C\C/C=C\C/C=C\C/C=C\CCCCCCC(=O)OCC(COC1OC(C(=O)O)C(O)C(O)C1OC(=O)CCCCCCCCCCC/C=C\C/C=C\CCCCC)OC(=O)CCCCCCCCCCCCCCC. The molecular formula is C67H114O12. The molecule has 454 valence electrons. The second-order valence-corrected chi connectivity index (χ2v) is 21.7. The Balaban J connectivity index is 2.66. The van der Waals surface area contributed by atoms with Crippen molar-refractivity contribution < 1.29 is 58.2 Å². The van der Waals surface area contributed by atoms with Crippen LogP contribution in [0.3, 0.4) is 0 Å². The van der Waals surface area contributed by atoms with E-state index >= 15 is 0 Å². The van der Waals surface area contributed by atoms with E-state index < -0.39 is 67.3 Å².